The Kier molecular flexibility index (Phi) is 7.67. The molecule has 1 aliphatic carbocycles. The second-order valence-corrected chi connectivity index (χ2v) is 11.6. The molecule has 0 atom stereocenters. The highest BCUT2D eigenvalue weighted by Gasteiger charge is 2.37. The zero-order valence-corrected chi connectivity index (χ0v) is 22.3. The molecule has 1 heterocycles. The number of carbonyl (C=O) groups excluding carboxylic acids is 2. The molecule has 1 saturated heterocycles. The average molecular weight is 510 g/mol. The van der Waals surface area contributed by atoms with Gasteiger partial charge in [0.15, 0.2) is 11.5 Å². The van der Waals surface area contributed by atoms with Crippen LogP contribution in [0.15, 0.2) is 47.4 Å². The van der Waals surface area contributed by atoms with Crippen molar-refractivity contribution in [2.75, 3.05) is 7.11 Å². The molecule has 0 radical (unpaired) electrons. The highest BCUT2D eigenvalue weighted by Crippen LogP contribution is 2.38. The Labute approximate surface area is 216 Å². The quantitative estimate of drug-likeness (QED) is 0.192. The Morgan fingerprint density at radius 1 is 1.06 bits per heavy atom. The van der Waals surface area contributed by atoms with E-state index >= 15 is 0 Å². The van der Waals surface area contributed by atoms with E-state index in [0.29, 0.717) is 26.3 Å². The van der Waals surface area contributed by atoms with Gasteiger partial charge < -0.3 is 9.47 Å². The number of thioether (sulfide) groups is 1. The highest BCUT2D eigenvalue weighted by atomic mass is 32.2. The van der Waals surface area contributed by atoms with Crippen molar-refractivity contribution in [3.63, 3.8) is 0 Å². The summed E-state index contributed by atoms with van der Waals surface area (Å²) in [5, 5.41) is 0. The van der Waals surface area contributed by atoms with Crippen LogP contribution in [0, 0.1) is 0 Å². The van der Waals surface area contributed by atoms with Crippen LogP contribution in [0.25, 0.3) is 6.08 Å². The first kappa shape index (κ1) is 25.5. The number of thiocarbonyl (C=S) groups is 1. The average Bonchev–Trinajstić information content (AvgIpc) is 3.12. The lowest BCUT2D eigenvalue weighted by atomic mass is 9.87. The first-order valence-corrected chi connectivity index (χ1v) is 13.2. The first-order valence-electron chi connectivity index (χ1n) is 11.9. The van der Waals surface area contributed by atoms with Crippen LogP contribution < -0.4 is 9.47 Å². The standard InChI is InChI=1S/C28H31NO4S2/c1-28(2,3)20-13-11-19(12-14-20)26(31)33-22-15-10-18(16-23(22)32-4)17-24-25(30)29(27(34)35-24)21-8-6-5-7-9-21/h10-17,21H,5-9H2,1-4H3/b24-17-. The number of amides is 1. The molecule has 2 fully saturated rings. The van der Waals surface area contributed by atoms with Crippen molar-refractivity contribution < 1.29 is 19.1 Å². The number of methoxy groups -OCH3 is 1. The molecule has 0 N–H and O–H groups in total. The third kappa shape index (κ3) is 5.78. The van der Waals surface area contributed by atoms with Gasteiger partial charge in [-0.05, 0) is 59.7 Å². The number of benzene rings is 2. The van der Waals surface area contributed by atoms with Gasteiger partial charge >= 0.3 is 5.97 Å². The molecule has 0 bridgehead atoms. The molecule has 0 unspecified atom stereocenters. The van der Waals surface area contributed by atoms with E-state index in [1.807, 2.05) is 18.2 Å². The summed E-state index contributed by atoms with van der Waals surface area (Å²) in [5.74, 6) is 0.260. The molecule has 5 nitrogen and oxygen atoms in total. The van der Waals surface area contributed by atoms with Gasteiger partial charge in [0.25, 0.3) is 5.91 Å². The smallest absolute Gasteiger partial charge is 0.343 e. The van der Waals surface area contributed by atoms with Gasteiger partial charge in [-0.3, -0.25) is 9.69 Å². The number of rotatable bonds is 5. The minimum Gasteiger partial charge on any atom is -0.493 e. The van der Waals surface area contributed by atoms with Gasteiger partial charge in [0.2, 0.25) is 0 Å². The van der Waals surface area contributed by atoms with Crippen LogP contribution in [0.4, 0.5) is 0 Å². The third-order valence-corrected chi connectivity index (χ3v) is 7.77. The lowest BCUT2D eigenvalue weighted by molar-refractivity contribution is -0.124. The van der Waals surface area contributed by atoms with Crippen LogP contribution in [-0.4, -0.2) is 34.2 Å². The monoisotopic (exact) mass is 509 g/mol. The third-order valence-electron chi connectivity index (χ3n) is 6.44. The Bertz CT molecular complexity index is 1160. The molecule has 2 aromatic carbocycles. The largest absolute Gasteiger partial charge is 0.493 e. The second kappa shape index (κ2) is 10.5. The van der Waals surface area contributed by atoms with Crippen LogP contribution in [0.2, 0.25) is 0 Å². The van der Waals surface area contributed by atoms with Gasteiger partial charge in [-0.25, -0.2) is 4.79 Å². The highest BCUT2D eigenvalue weighted by molar-refractivity contribution is 8.26. The number of nitrogens with zero attached hydrogens (tertiary/aromatic N) is 1. The van der Waals surface area contributed by atoms with E-state index < -0.39 is 5.97 Å². The molecule has 0 spiro atoms. The number of hydrogen-bond acceptors (Lipinski definition) is 6. The topological polar surface area (TPSA) is 55.8 Å². The number of hydrogen-bond donors (Lipinski definition) is 0. The Morgan fingerprint density at radius 2 is 1.74 bits per heavy atom. The molecule has 35 heavy (non-hydrogen) atoms. The van der Waals surface area contributed by atoms with E-state index in [0.717, 1.165) is 36.8 Å². The minimum atomic E-state index is -0.454. The molecule has 2 aromatic rings. The summed E-state index contributed by atoms with van der Waals surface area (Å²) >= 11 is 6.87. The van der Waals surface area contributed by atoms with Gasteiger partial charge in [0.1, 0.15) is 4.32 Å². The van der Waals surface area contributed by atoms with Crippen molar-refractivity contribution in [3.05, 3.63) is 64.1 Å². The maximum absolute atomic E-state index is 13.1. The fraction of sp³-hybridized carbons (Fsp3) is 0.393. The molecule has 0 aromatic heterocycles. The normalized spacial score (nSPS) is 18.3. The van der Waals surface area contributed by atoms with E-state index in [2.05, 4.69) is 20.8 Å². The fourth-order valence-corrected chi connectivity index (χ4v) is 5.81. The van der Waals surface area contributed by atoms with Crippen molar-refractivity contribution >= 4 is 46.3 Å². The number of esters is 1. The molecule has 184 valence electrons. The van der Waals surface area contributed by atoms with E-state index in [1.165, 1.54) is 25.3 Å². The van der Waals surface area contributed by atoms with Gasteiger partial charge in [0.05, 0.1) is 17.6 Å². The van der Waals surface area contributed by atoms with Crippen molar-refractivity contribution in [1.82, 2.24) is 4.90 Å². The van der Waals surface area contributed by atoms with Gasteiger partial charge in [-0.15, -0.1) is 0 Å². The van der Waals surface area contributed by atoms with Crippen molar-refractivity contribution in [3.8, 4) is 11.5 Å². The number of carbonyl (C=O) groups is 2. The molecule has 1 saturated carbocycles. The maximum atomic E-state index is 13.1. The summed E-state index contributed by atoms with van der Waals surface area (Å²) in [6, 6.07) is 12.9. The fourth-order valence-electron chi connectivity index (χ4n) is 4.41. The van der Waals surface area contributed by atoms with Crippen LogP contribution in [0.5, 0.6) is 11.5 Å². The van der Waals surface area contributed by atoms with Crippen LogP contribution in [0.1, 0.15) is 74.4 Å². The molecule has 4 rings (SSSR count). The molecule has 1 aliphatic heterocycles. The van der Waals surface area contributed by atoms with E-state index in [4.69, 9.17) is 21.7 Å². The zero-order chi connectivity index (χ0) is 25.2. The summed E-state index contributed by atoms with van der Waals surface area (Å²) in [4.78, 5) is 28.2. The molecule has 7 heteroatoms. The van der Waals surface area contributed by atoms with Crippen LogP contribution in [0.3, 0.4) is 0 Å². The summed E-state index contributed by atoms with van der Waals surface area (Å²) in [6.45, 7) is 6.38. The molecule has 2 aliphatic rings. The van der Waals surface area contributed by atoms with Crippen LogP contribution >= 0.6 is 24.0 Å². The van der Waals surface area contributed by atoms with E-state index in [9.17, 15) is 9.59 Å². The van der Waals surface area contributed by atoms with Gasteiger partial charge in [0, 0.05) is 6.04 Å². The van der Waals surface area contributed by atoms with Crippen molar-refractivity contribution in [1.29, 1.82) is 0 Å². The summed E-state index contributed by atoms with van der Waals surface area (Å²) < 4.78 is 11.7. The lowest BCUT2D eigenvalue weighted by Crippen LogP contribution is -2.39. The predicted molar refractivity (Wildman–Crippen MR) is 145 cm³/mol. The SMILES string of the molecule is COc1cc(/C=C2\SC(=S)N(C3CCCCC3)C2=O)ccc1OC(=O)c1ccc(C(C)(C)C)cc1. The summed E-state index contributed by atoms with van der Waals surface area (Å²) in [5.41, 5.74) is 2.40. The van der Waals surface area contributed by atoms with Gasteiger partial charge in [-0.2, -0.15) is 0 Å². The Morgan fingerprint density at radius 3 is 2.37 bits per heavy atom. The molecular weight excluding hydrogens is 478 g/mol. The number of ether oxygens (including phenoxy) is 2. The maximum Gasteiger partial charge on any atom is 0.343 e. The van der Waals surface area contributed by atoms with E-state index in [1.54, 1.807) is 35.2 Å². The Balaban J connectivity index is 1.49. The van der Waals surface area contributed by atoms with Crippen LogP contribution in [-0.2, 0) is 10.2 Å². The lowest BCUT2D eigenvalue weighted by Gasteiger charge is -2.29. The van der Waals surface area contributed by atoms with Crippen molar-refractivity contribution in [2.45, 2.75) is 64.3 Å². The van der Waals surface area contributed by atoms with E-state index in [-0.39, 0.29) is 17.4 Å². The summed E-state index contributed by atoms with van der Waals surface area (Å²) in [7, 11) is 1.52. The Hall–Kier alpha value is -2.64. The minimum absolute atomic E-state index is 0.00611. The summed E-state index contributed by atoms with van der Waals surface area (Å²) in [6.07, 6.45) is 7.33. The van der Waals surface area contributed by atoms with Gasteiger partial charge in [-0.1, -0.05) is 82.2 Å². The predicted octanol–water partition coefficient (Wildman–Crippen LogP) is 6.75. The molecule has 1 amide bonds. The first-order chi connectivity index (χ1) is 16.7. The second-order valence-electron chi connectivity index (χ2n) is 9.97. The van der Waals surface area contributed by atoms with Crippen molar-refractivity contribution in [2.24, 2.45) is 0 Å². The molecular formula is C28H31NO4S2. The zero-order valence-electron chi connectivity index (χ0n) is 20.6.